The van der Waals surface area contributed by atoms with Crippen molar-refractivity contribution in [3.05, 3.63) is 59.5 Å². The van der Waals surface area contributed by atoms with Crippen molar-refractivity contribution in [1.82, 2.24) is 9.78 Å². The van der Waals surface area contributed by atoms with Gasteiger partial charge in [-0.1, -0.05) is 0 Å². The fraction of sp³-hybridized carbons (Fsp3) is 0.263. The topological polar surface area (TPSA) is 34.9 Å². The Morgan fingerprint density at radius 1 is 1.26 bits per heavy atom. The molecule has 0 saturated carbocycles. The standard InChI is InChI=1S/C19H17FN2O/c1-19(12-23)8-2-3-13-10-18-14(9-17(13)19)11-21-22(18)16-6-4-15(20)5-7-16/h4-7,9-12H,2-3,8H2,1H3/t19-/m0/s1. The first-order chi connectivity index (χ1) is 11.1. The SMILES string of the molecule is C[C@@]1(C=O)CCCc2cc3c(cnn3-c3ccc(F)cc3)cc21. The molecular formula is C19H17FN2O. The molecule has 23 heavy (non-hydrogen) atoms. The van der Waals surface area contributed by atoms with Gasteiger partial charge in [0.15, 0.2) is 0 Å². The van der Waals surface area contributed by atoms with E-state index in [0.29, 0.717) is 0 Å². The minimum absolute atomic E-state index is 0.260. The Hall–Kier alpha value is -2.49. The fourth-order valence-electron chi connectivity index (χ4n) is 3.55. The molecule has 0 N–H and O–H groups in total. The number of hydrogen-bond acceptors (Lipinski definition) is 2. The third-order valence-electron chi connectivity index (χ3n) is 4.88. The van der Waals surface area contributed by atoms with Gasteiger partial charge >= 0.3 is 0 Å². The molecule has 1 aliphatic rings. The molecule has 3 nitrogen and oxygen atoms in total. The summed E-state index contributed by atoms with van der Waals surface area (Å²) in [6.07, 6.45) is 5.75. The number of halogens is 1. The Balaban J connectivity index is 1.91. The van der Waals surface area contributed by atoms with Gasteiger partial charge in [-0.3, -0.25) is 0 Å². The van der Waals surface area contributed by atoms with Gasteiger partial charge in [0.2, 0.25) is 0 Å². The number of benzene rings is 2. The Morgan fingerprint density at radius 3 is 2.78 bits per heavy atom. The van der Waals surface area contributed by atoms with Gasteiger partial charge in [0, 0.05) is 10.8 Å². The van der Waals surface area contributed by atoms with Crippen molar-refractivity contribution in [3.63, 3.8) is 0 Å². The van der Waals surface area contributed by atoms with Gasteiger partial charge in [0.05, 0.1) is 17.4 Å². The molecule has 1 atom stereocenters. The molecule has 0 fully saturated rings. The maximum atomic E-state index is 13.1. The van der Waals surface area contributed by atoms with E-state index in [9.17, 15) is 9.18 Å². The first-order valence-corrected chi connectivity index (χ1v) is 7.84. The van der Waals surface area contributed by atoms with Crippen molar-refractivity contribution in [2.45, 2.75) is 31.6 Å². The van der Waals surface area contributed by atoms with Gasteiger partial charge in [-0.25, -0.2) is 9.07 Å². The third-order valence-corrected chi connectivity index (χ3v) is 4.88. The van der Waals surface area contributed by atoms with Gasteiger partial charge in [-0.15, -0.1) is 0 Å². The predicted molar refractivity (Wildman–Crippen MR) is 87.4 cm³/mol. The highest BCUT2D eigenvalue weighted by Crippen LogP contribution is 2.38. The lowest BCUT2D eigenvalue weighted by atomic mass is 9.72. The van der Waals surface area contributed by atoms with Crippen molar-refractivity contribution in [1.29, 1.82) is 0 Å². The van der Waals surface area contributed by atoms with E-state index >= 15 is 0 Å². The van der Waals surface area contributed by atoms with Crippen molar-refractivity contribution in [2.24, 2.45) is 0 Å². The molecule has 1 aromatic heterocycles. The molecular weight excluding hydrogens is 291 g/mol. The van der Waals surface area contributed by atoms with E-state index in [0.717, 1.165) is 47.7 Å². The Kier molecular flexibility index (Phi) is 3.08. The summed E-state index contributed by atoms with van der Waals surface area (Å²) in [5.74, 6) is -0.260. The predicted octanol–water partition coefficient (Wildman–Crippen LogP) is 3.96. The second-order valence-electron chi connectivity index (χ2n) is 6.49. The first kappa shape index (κ1) is 14.1. The second kappa shape index (κ2) is 5.01. The lowest BCUT2D eigenvalue weighted by Gasteiger charge is -2.31. The maximum absolute atomic E-state index is 13.1. The summed E-state index contributed by atoms with van der Waals surface area (Å²) < 4.78 is 15.0. The van der Waals surface area contributed by atoms with Crippen LogP contribution in [0.2, 0.25) is 0 Å². The summed E-state index contributed by atoms with van der Waals surface area (Å²) in [7, 11) is 0. The lowest BCUT2D eigenvalue weighted by Crippen LogP contribution is -2.29. The van der Waals surface area contributed by atoms with Gasteiger partial charge in [0.25, 0.3) is 0 Å². The highest BCUT2D eigenvalue weighted by molar-refractivity contribution is 5.84. The molecule has 4 heteroatoms. The summed E-state index contributed by atoms with van der Waals surface area (Å²) in [6, 6.07) is 10.5. The van der Waals surface area contributed by atoms with E-state index < -0.39 is 5.41 Å². The first-order valence-electron chi connectivity index (χ1n) is 7.84. The molecule has 0 bridgehead atoms. The van der Waals surface area contributed by atoms with Gasteiger partial charge in [-0.2, -0.15) is 5.10 Å². The van der Waals surface area contributed by atoms with Gasteiger partial charge in [0.1, 0.15) is 12.1 Å². The summed E-state index contributed by atoms with van der Waals surface area (Å²) in [4.78, 5) is 11.6. The minimum Gasteiger partial charge on any atom is -0.302 e. The third kappa shape index (κ3) is 2.17. The molecule has 1 aliphatic carbocycles. The number of nitrogens with zero attached hydrogens (tertiary/aromatic N) is 2. The van der Waals surface area contributed by atoms with Crippen LogP contribution in [-0.4, -0.2) is 16.1 Å². The van der Waals surface area contributed by atoms with E-state index in [1.54, 1.807) is 18.3 Å². The summed E-state index contributed by atoms with van der Waals surface area (Å²) in [5, 5.41) is 5.45. The molecule has 0 saturated heterocycles. The molecule has 0 unspecified atom stereocenters. The molecule has 116 valence electrons. The van der Waals surface area contributed by atoms with Crippen molar-refractivity contribution in [3.8, 4) is 5.69 Å². The average Bonchev–Trinajstić information content (AvgIpc) is 2.97. The molecule has 2 aromatic carbocycles. The lowest BCUT2D eigenvalue weighted by molar-refractivity contribution is -0.112. The molecule has 0 spiro atoms. The van der Waals surface area contributed by atoms with Crippen molar-refractivity contribution < 1.29 is 9.18 Å². The number of carbonyl (C=O) groups is 1. The van der Waals surface area contributed by atoms with Gasteiger partial charge < -0.3 is 4.79 Å². The zero-order valence-corrected chi connectivity index (χ0v) is 12.9. The van der Waals surface area contributed by atoms with Crippen molar-refractivity contribution >= 4 is 17.2 Å². The quantitative estimate of drug-likeness (QED) is 0.672. The van der Waals surface area contributed by atoms with Crippen LogP contribution in [0.25, 0.3) is 16.6 Å². The largest absolute Gasteiger partial charge is 0.302 e. The number of hydrogen-bond donors (Lipinski definition) is 0. The molecule has 1 heterocycles. The normalized spacial score (nSPS) is 20.4. The summed E-state index contributed by atoms with van der Waals surface area (Å²) >= 11 is 0. The van der Waals surface area contributed by atoms with Crippen LogP contribution in [0, 0.1) is 5.82 Å². The fourth-order valence-corrected chi connectivity index (χ4v) is 3.55. The van der Waals surface area contributed by atoms with Crippen LogP contribution in [0.15, 0.2) is 42.6 Å². The van der Waals surface area contributed by atoms with Crippen LogP contribution in [0.5, 0.6) is 0 Å². The van der Waals surface area contributed by atoms with E-state index in [4.69, 9.17) is 0 Å². The van der Waals surface area contributed by atoms with Crippen LogP contribution in [0.4, 0.5) is 4.39 Å². The molecule has 0 amide bonds. The van der Waals surface area contributed by atoms with E-state index in [-0.39, 0.29) is 5.82 Å². The number of aromatic nitrogens is 2. The second-order valence-corrected chi connectivity index (χ2v) is 6.49. The van der Waals surface area contributed by atoms with Crippen LogP contribution in [-0.2, 0) is 16.6 Å². The molecule has 4 rings (SSSR count). The Morgan fingerprint density at radius 2 is 2.04 bits per heavy atom. The maximum Gasteiger partial charge on any atom is 0.130 e. The summed E-state index contributed by atoms with van der Waals surface area (Å²) in [6.45, 7) is 2.01. The van der Waals surface area contributed by atoms with Gasteiger partial charge in [-0.05, 0) is 73.7 Å². The minimum atomic E-state index is -0.403. The monoisotopic (exact) mass is 308 g/mol. The molecule has 0 aliphatic heterocycles. The molecule has 0 radical (unpaired) electrons. The summed E-state index contributed by atoms with van der Waals surface area (Å²) in [5.41, 5.74) is 3.74. The Labute approximate surface area is 133 Å². The number of fused-ring (bicyclic) bond motifs is 2. The number of carbonyl (C=O) groups excluding carboxylic acids is 1. The van der Waals surface area contributed by atoms with Crippen LogP contribution >= 0.6 is 0 Å². The highest BCUT2D eigenvalue weighted by atomic mass is 19.1. The smallest absolute Gasteiger partial charge is 0.130 e. The zero-order chi connectivity index (χ0) is 16.0. The average molecular weight is 308 g/mol. The van der Waals surface area contributed by atoms with E-state index in [2.05, 4.69) is 17.2 Å². The number of rotatable bonds is 2. The van der Waals surface area contributed by atoms with E-state index in [1.165, 1.54) is 17.7 Å². The van der Waals surface area contributed by atoms with Crippen LogP contribution < -0.4 is 0 Å². The van der Waals surface area contributed by atoms with Crippen LogP contribution in [0.3, 0.4) is 0 Å². The van der Waals surface area contributed by atoms with Crippen LogP contribution in [0.1, 0.15) is 30.9 Å². The number of aryl methyl sites for hydroxylation is 1. The number of aldehydes is 1. The van der Waals surface area contributed by atoms with E-state index in [1.807, 2.05) is 11.6 Å². The Bertz CT molecular complexity index is 898. The van der Waals surface area contributed by atoms with Crippen molar-refractivity contribution in [2.75, 3.05) is 0 Å². The highest BCUT2D eigenvalue weighted by Gasteiger charge is 2.32. The molecule has 3 aromatic rings. The zero-order valence-electron chi connectivity index (χ0n) is 12.9.